The lowest BCUT2D eigenvalue weighted by Gasteiger charge is -2.06. The number of azo groups is 1. The van der Waals surface area contributed by atoms with E-state index in [0.717, 1.165) is 10.9 Å². The molecule has 0 unspecified atom stereocenters. The third-order valence-electron chi connectivity index (χ3n) is 4.85. The first-order chi connectivity index (χ1) is 16.4. The van der Waals surface area contributed by atoms with Crippen LogP contribution >= 0.6 is 0 Å². The number of aromatic hydroxyl groups is 2. The van der Waals surface area contributed by atoms with Crippen LogP contribution in [-0.4, -0.2) is 16.2 Å². The van der Waals surface area contributed by atoms with E-state index in [1.165, 1.54) is 25.1 Å². The first-order valence-electron chi connectivity index (χ1n) is 10.3. The van der Waals surface area contributed by atoms with Gasteiger partial charge in [0.1, 0.15) is 23.2 Å². The molecule has 0 atom stereocenters. The molecule has 0 spiro atoms. The molecule has 4 aromatic rings. The van der Waals surface area contributed by atoms with Crippen molar-refractivity contribution in [3.63, 3.8) is 0 Å². The fourth-order valence-corrected chi connectivity index (χ4v) is 3.34. The molecule has 0 amide bonds. The van der Waals surface area contributed by atoms with Gasteiger partial charge in [0.25, 0.3) is 0 Å². The van der Waals surface area contributed by atoms with E-state index in [2.05, 4.69) is 10.2 Å². The molecule has 0 bridgehead atoms. The van der Waals surface area contributed by atoms with Crippen LogP contribution in [0.2, 0.25) is 0 Å². The van der Waals surface area contributed by atoms with Gasteiger partial charge in [-0.1, -0.05) is 30.3 Å². The van der Waals surface area contributed by atoms with E-state index in [-0.39, 0.29) is 28.7 Å². The van der Waals surface area contributed by atoms with Crippen molar-refractivity contribution < 1.29 is 24.2 Å². The summed E-state index contributed by atoms with van der Waals surface area (Å²) >= 11 is 0. The van der Waals surface area contributed by atoms with Crippen molar-refractivity contribution >= 4 is 28.4 Å². The topological polar surface area (TPSA) is 128 Å². The Hall–Kier alpha value is -4.90. The van der Waals surface area contributed by atoms with Gasteiger partial charge in [0, 0.05) is 24.3 Å². The number of para-hydroxylation sites is 1. The average Bonchev–Trinajstić information content (AvgIpc) is 3.25. The number of nitrogens with zero attached hydrogens (tertiary/aromatic N) is 3. The van der Waals surface area contributed by atoms with E-state index < -0.39 is 5.97 Å². The second kappa shape index (κ2) is 9.71. The van der Waals surface area contributed by atoms with Crippen molar-refractivity contribution in [3.05, 3.63) is 95.4 Å². The first kappa shape index (κ1) is 22.3. The number of benzene rings is 3. The van der Waals surface area contributed by atoms with E-state index >= 15 is 0 Å². The lowest BCUT2D eigenvalue weighted by atomic mass is 10.0. The molecule has 1 aromatic heterocycles. The maximum Gasteiger partial charge on any atom is 0.308 e. The number of carbonyl (C=O) groups excluding carboxylic acids is 1. The molecule has 0 aliphatic rings. The lowest BCUT2D eigenvalue weighted by Crippen LogP contribution is -2.00. The molecular weight excluding hydrogens is 434 g/mol. The van der Waals surface area contributed by atoms with Gasteiger partial charge >= 0.3 is 5.97 Å². The Bertz CT molecular complexity index is 1440. The van der Waals surface area contributed by atoms with E-state index in [1.54, 1.807) is 36.4 Å². The molecule has 8 heteroatoms. The predicted molar refractivity (Wildman–Crippen MR) is 124 cm³/mol. The van der Waals surface area contributed by atoms with E-state index in [9.17, 15) is 20.3 Å². The van der Waals surface area contributed by atoms with Crippen LogP contribution in [0.1, 0.15) is 23.8 Å². The van der Waals surface area contributed by atoms with Gasteiger partial charge in [-0.3, -0.25) is 4.79 Å². The zero-order chi connectivity index (χ0) is 24.1. The number of phenols is 2. The molecule has 34 heavy (non-hydrogen) atoms. The number of allylic oxidation sites excluding steroid dienone is 1. The Morgan fingerprint density at radius 2 is 1.88 bits per heavy atom. The number of esters is 1. The highest BCUT2D eigenvalue weighted by Crippen LogP contribution is 2.30. The van der Waals surface area contributed by atoms with Crippen molar-refractivity contribution in [1.29, 1.82) is 5.26 Å². The van der Waals surface area contributed by atoms with Gasteiger partial charge < -0.3 is 19.4 Å². The molecule has 0 aliphatic carbocycles. The second-order valence-corrected chi connectivity index (χ2v) is 7.39. The van der Waals surface area contributed by atoms with Crippen molar-refractivity contribution in [1.82, 2.24) is 0 Å². The monoisotopic (exact) mass is 453 g/mol. The molecule has 0 saturated heterocycles. The van der Waals surface area contributed by atoms with Crippen LogP contribution in [0, 0.1) is 11.3 Å². The van der Waals surface area contributed by atoms with Gasteiger partial charge in [0.2, 0.25) is 11.5 Å². The number of fused-ring (bicyclic) bond motifs is 1. The van der Waals surface area contributed by atoms with Gasteiger partial charge in [-0.25, -0.2) is 0 Å². The maximum atomic E-state index is 11.7. The zero-order valence-electron chi connectivity index (χ0n) is 18.1. The van der Waals surface area contributed by atoms with E-state index in [1.807, 2.05) is 24.3 Å². The number of ether oxygens (including phenoxy) is 1. The van der Waals surface area contributed by atoms with Crippen LogP contribution in [-0.2, 0) is 16.0 Å². The van der Waals surface area contributed by atoms with E-state index in [4.69, 9.17) is 9.15 Å². The van der Waals surface area contributed by atoms with Crippen molar-refractivity contribution in [3.8, 4) is 17.6 Å². The Labute approximate surface area is 194 Å². The lowest BCUT2D eigenvalue weighted by molar-refractivity contribution is -0.134. The van der Waals surface area contributed by atoms with Crippen LogP contribution in [0.15, 0.2) is 93.1 Å². The first-order valence-corrected chi connectivity index (χ1v) is 10.3. The highest BCUT2D eigenvalue weighted by Gasteiger charge is 2.18. The van der Waals surface area contributed by atoms with Crippen LogP contribution in [0.5, 0.6) is 11.5 Å². The number of hydrogen-bond acceptors (Lipinski definition) is 8. The van der Waals surface area contributed by atoms with E-state index in [0.29, 0.717) is 23.3 Å². The van der Waals surface area contributed by atoms with Crippen LogP contribution < -0.4 is 0 Å². The summed E-state index contributed by atoms with van der Waals surface area (Å²) in [6.07, 6.45) is 0.349. The van der Waals surface area contributed by atoms with Crippen LogP contribution in [0.3, 0.4) is 0 Å². The van der Waals surface area contributed by atoms with Gasteiger partial charge in [-0.05, 0) is 48.0 Å². The number of rotatable bonds is 6. The van der Waals surface area contributed by atoms with Gasteiger partial charge in [-0.2, -0.15) is 5.26 Å². The second-order valence-electron chi connectivity index (χ2n) is 7.39. The molecular formula is C26H19N3O5. The number of nitriles is 1. The summed E-state index contributed by atoms with van der Waals surface area (Å²) in [6, 6.07) is 22.1. The summed E-state index contributed by atoms with van der Waals surface area (Å²) < 4.78 is 11.0. The predicted octanol–water partition coefficient (Wildman–Crippen LogP) is 5.97. The highest BCUT2D eigenvalue weighted by molar-refractivity contribution is 5.84. The number of furan rings is 1. The number of phenolic OH excluding ortho intramolecular Hbond substituents is 2. The molecule has 0 saturated carbocycles. The maximum absolute atomic E-state index is 11.7. The molecule has 0 aliphatic heterocycles. The molecule has 0 fully saturated rings. The Morgan fingerprint density at radius 3 is 2.65 bits per heavy atom. The average molecular weight is 453 g/mol. The number of carbonyl (C=O) groups is 1. The summed E-state index contributed by atoms with van der Waals surface area (Å²) in [5, 5.41) is 38.3. The van der Waals surface area contributed by atoms with Gasteiger partial charge in [0.15, 0.2) is 5.76 Å². The molecule has 4 rings (SSSR count). The summed E-state index contributed by atoms with van der Waals surface area (Å²) in [6.45, 7) is 1.22. The standard InChI is InChI=1S/C26H19N3O5/c1-16(30)33-26(25-14-18-6-2-3-8-24(18)34-25)22(15-27)29-28-20-7-4-5-17(12-20)11-19-13-21(31)9-10-23(19)32/h2-10,12-14,31-32H,11H2,1H3. The molecule has 3 aromatic carbocycles. The molecule has 8 nitrogen and oxygen atoms in total. The smallest absolute Gasteiger partial charge is 0.308 e. The molecule has 2 N–H and O–H groups in total. The van der Waals surface area contributed by atoms with Crippen molar-refractivity contribution in [2.75, 3.05) is 0 Å². The molecule has 1 heterocycles. The normalized spacial score (nSPS) is 11.9. The van der Waals surface area contributed by atoms with Gasteiger partial charge in [-0.15, -0.1) is 10.2 Å². The fourth-order valence-electron chi connectivity index (χ4n) is 3.34. The molecule has 0 radical (unpaired) electrons. The third-order valence-corrected chi connectivity index (χ3v) is 4.85. The largest absolute Gasteiger partial charge is 0.508 e. The minimum absolute atomic E-state index is 0.0519. The van der Waals surface area contributed by atoms with Crippen LogP contribution in [0.4, 0.5) is 5.69 Å². The van der Waals surface area contributed by atoms with Crippen LogP contribution in [0.25, 0.3) is 16.7 Å². The minimum atomic E-state index is -0.633. The highest BCUT2D eigenvalue weighted by atomic mass is 16.5. The fraction of sp³-hybridized carbons (Fsp3) is 0.0769. The Kier molecular flexibility index (Phi) is 6.37. The van der Waals surface area contributed by atoms with Crippen molar-refractivity contribution in [2.24, 2.45) is 10.2 Å². The summed E-state index contributed by atoms with van der Waals surface area (Å²) in [4.78, 5) is 11.7. The summed E-state index contributed by atoms with van der Waals surface area (Å²) in [5.74, 6) is -0.463. The van der Waals surface area contributed by atoms with Crippen molar-refractivity contribution in [2.45, 2.75) is 13.3 Å². The Morgan fingerprint density at radius 1 is 1.06 bits per heavy atom. The Balaban J connectivity index is 1.67. The third kappa shape index (κ3) is 5.11. The SMILES string of the molecule is CC(=O)OC(=C(C#N)N=Nc1cccc(Cc2cc(O)ccc2O)c1)c1cc2ccccc2o1. The quantitative estimate of drug-likeness (QED) is 0.122. The molecule has 168 valence electrons. The number of hydrogen-bond donors (Lipinski definition) is 2. The summed E-state index contributed by atoms with van der Waals surface area (Å²) in [7, 11) is 0. The van der Waals surface area contributed by atoms with Gasteiger partial charge in [0.05, 0.1) is 5.69 Å². The summed E-state index contributed by atoms with van der Waals surface area (Å²) in [5.41, 5.74) is 2.13. The zero-order valence-corrected chi connectivity index (χ0v) is 18.1. The minimum Gasteiger partial charge on any atom is -0.508 e.